The quantitative estimate of drug-likeness (QED) is 0.460. The van der Waals surface area contributed by atoms with Gasteiger partial charge < -0.3 is 20.1 Å². The minimum atomic E-state index is -0.946. The topological polar surface area (TPSA) is 94.5 Å². The zero-order chi connectivity index (χ0) is 22.7. The van der Waals surface area contributed by atoms with E-state index in [1.54, 1.807) is 18.2 Å². The molecule has 0 fully saturated rings. The summed E-state index contributed by atoms with van der Waals surface area (Å²) in [6.45, 7) is 3.32. The van der Waals surface area contributed by atoms with E-state index in [0.29, 0.717) is 18.7 Å². The largest absolute Gasteiger partial charge is 0.478 e. The molecule has 0 bridgehead atoms. The van der Waals surface area contributed by atoms with E-state index in [9.17, 15) is 14.7 Å². The van der Waals surface area contributed by atoms with Crippen molar-refractivity contribution in [2.24, 2.45) is 5.73 Å². The molecule has 1 aromatic heterocycles. The van der Waals surface area contributed by atoms with E-state index >= 15 is 0 Å². The highest BCUT2D eigenvalue weighted by Crippen LogP contribution is 2.40. The van der Waals surface area contributed by atoms with Crippen molar-refractivity contribution in [2.75, 3.05) is 6.61 Å². The number of hydrogen-bond acceptors (Lipinski definition) is 3. The van der Waals surface area contributed by atoms with Crippen molar-refractivity contribution in [3.63, 3.8) is 0 Å². The van der Waals surface area contributed by atoms with Gasteiger partial charge in [-0.25, -0.2) is 4.79 Å². The molecule has 0 spiro atoms. The molecule has 32 heavy (non-hydrogen) atoms. The van der Waals surface area contributed by atoms with Crippen LogP contribution in [0, 0.1) is 0 Å². The predicted octanol–water partition coefficient (Wildman–Crippen LogP) is 5.07. The van der Waals surface area contributed by atoms with Gasteiger partial charge in [0, 0.05) is 24.1 Å². The van der Waals surface area contributed by atoms with Crippen molar-refractivity contribution >= 4 is 22.8 Å². The standard InChI is InChI=1S/C26H30N2O4/c1-2-3-4-14-32-22-13-7-11-20-19-10-6-12-21(26(30)31)23(19)28(24(20)22)16-17-8-5-9-18(15-17)25(27)29/h5-6,8-10,12,15,22H,2-4,7,11,13-14,16H2,1H3,(H2,27,29)(H,30,31). The number of fused-ring (bicyclic) bond motifs is 3. The van der Waals surface area contributed by atoms with E-state index in [1.165, 1.54) is 5.56 Å². The Balaban J connectivity index is 1.84. The van der Waals surface area contributed by atoms with Crippen molar-refractivity contribution in [3.05, 3.63) is 70.4 Å². The molecular formula is C26H30N2O4. The fourth-order valence-corrected chi connectivity index (χ4v) is 4.81. The number of hydrogen-bond donors (Lipinski definition) is 2. The van der Waals surface area contributed by atoms with Crippen LogP contribution in [-0.2, 0) is 17.7 Å². The Morgan fingerprint density at radius 1 is 1.19 bits per heavy atom. The molecule has 0 saturated carbocycles. The molecule has 3 N–H and O–H groups in total. The number of aryl methyl sites for hydroxylation is 1. The molecule has 1 aliphatic rings. The highest BCUT2D eigenvalue weighted by Gasteiger charge is 2.30. The monoisotopic (exact) mass is 434 g/mol. The third-order valence-corrected chi connectivity index (χ3v) is 6.28. The van der Waals surface area contributed by atoms with Gasteiger partial charge in [0.05, 0.1) is 22.9 Å². The van der Waals surface area contributed by atoms with E-state index < -0.39 is 11.9 Å². The maximum atomic E-state index is 12.1. The van der Waals surface area contributed by atoms with Crippen LogP contribution in [0.5, 0.6) is 0 Å². The van der Waals surface area contributed by atoms with E-state index in [4.69, 9.17) is 10.5 Å². The Morgan fingerprint density at radius 2 is 2.00 bits per heavy atom. The van der Waals surface area contributed by atoms with Gasteiger partial charge in [0.2, 0.25) is 5.91 Å². The molecule has 0 radical (unpaired) electrons. The predicted molar refractivity (Wildman–Crippen MR) is 124 cm³/mol. The Morgan fingerprint density at radius 3 is 2.75 bits per heavy atom. The van der Waals surface area contributed by atoms with Gasteiger partial charge in [-0.05, 0) is 55.0 Å². The molecule has 2 aromatic carbocycles. The van der Waals surface area contributed by atoms with Crippen molar-refractivity contribution < 1.29 is 19.4 Å². The van der Waals surface area contributed by atoms with Crippen LogP contribution in [0.3, 0.4) is 0 Å². The molecule has 1 heterocycles. The molecule has 1 unspecified atom stereocenters. The lowest BCUT2D eigenvalue weighted by Crippen LogP contribution is -2.18. The summed E-state index contributed by atoms with van der Waals surface area (Å²) in [4.78, 5) is 23.8. The molecule has 1 atom stereocenters. The highest BCUT2D eigenvalue weighted by atomic mass is 16.5. The Hall–Kier alpha value is -3.12. The summed E-state index contributed by atoms with van der Waals surface area (Å²) in [5, 5.41) is 10.9. The zero-order valence-corrected chi connectivity index (χ0v) is 18.5. The summed E-state index contributed by atoms with van der Waals surface area (Å²) < 4.78 is 8.43. The molecule has 4 rings (SSSR count). The van der Waals surface area contributed by atoms with E-state index in [1.807, 2.05) is 24.3 Å². The number of aromatic nitrogens is 1. The number of primary amides is 1. The first-order valence-corrected chi connectivity index (χ1v) is 11.4. The molecule has 168 valence electrons. The highest BCUT2D eigenvalue weighted by molar-refractivity contribution is 6.04. The second-order valence-corrected chi connectivity index (χ2v) is 8.48. The first kappa shape index (κ1) is 22.1. The number of para-hydroxylation sites is 1. The second kappa shape index (κ2) is 9.57. The maximum absolute atomic E-state index is 12.1. The van der Waals surface area contributed by atoms with Crippen LogP contribution in [0.15, 0.2) is 42.5 Å². The third-order valence-electron chi connectivity index (χ3n) is 6.28. The molecule has 3 aromatic rings. The van der Waals surface area contributed by atoms with Crippen molar-refractivity contribution in [1.82, 2.24) is 4.57 Å². The Kier molecular flexibility index (Phi) is 6.61. The first-order chi connectivity index (χ1) is 15.5. The van der Waals surface area contributed by atoms with E-state index in [2.05, 4.69) is 11.5 Å². The zero-order valence-electron chi connectivity index (χ0n) is 18.5. The van der Waals surface area contributed by atoms with Crippen LogP contribution in [-0.4, -0.2) is 28.2 Å². The molecule has 6 heteroatoms. The first-order valence-electron chi connectivity index (χ1n) is 11.4. The number of rotatable bonds is 9. The van der Waals surface area contributed by atoms with Gasteiger partial charge in [-0.2, -0.15) is 0 Å². The molecule has 1 aliphatic carbocycles. The van der Waals surface area contributed by atoms with Gasteiger partial charge in [-0.1, -0.05) is 44.0 Å². The molecule has 0 aliphatic heterocycles. The van der Waals surface area contributed by atoms with Gasteiger partial charge in [0.1, 0.15) is 0 Å². The number of carbonyl (C=O) groups excluding carboxylic acids is 1. The SMILES string of the molecule is CCCCCOC1CCCc2c1n(Cc1cccc(C(N)=O)c1)c1c(C(=O)O)cccc21. The number of nitrogens with two attached hydrogens (primary N) is 1. The van der Waals surface area contributed by atoms with Crippen LogP contribution in [0.1, 0.15) is 82.7 Å². The van der Waals surface area contributed by atoms with Crippen LogP contribution < -0.4 is 5.73 Å². The number of amides is 1. The smallest absolute Gasteiger partial charge is 0.337 e. The number of benzene rings is 2. The van der Waals surface area contributed by atoms with Gasteiger partial charge in [0.15, 0.2) is 0 Å². The minimum absolute atomic E-state index is 0.0658. The number of ether oxygens (including phenoxy) is 1. The maximum Gasteiger partial charge on any atom is 0.337 e. The third kappa shape index (κ3) is 4.28. The molecular weight excluding hydrogens is 404 g/mol. The summed E-state index contributed by atoms with van der Waals surface area (Å²) >= 11 is 0. The lowest BCUT2D eigenvalue weighted by atomic mass is 9.93. The summed E-state index contributed by atoms with van der Waals surface area (Å²) in [5.74, 6) is -1.42. The van der Waals surface area contributed by atoms with Crippen LogP contribution in [0.2, 0.25) is 0 Å². The molecule has 1 amide bonds. The van der Waals surface area contributed by atoms with Crippen LogP contribution in [0.4, 0.5) is 0 Å². The van der Waals surface area contributed by atoms with Gasteiger partial charge in [-0.15, -0.1) is 0 Å². The van der Waals surface area contributed by atoms with Gasteiger partial charge in [0.25, 0.3) is 0 Å². The lowest BCUT2D eigenvalue weighted by Gasteiger charge is -2.26. The number of carboxylic acids is 1. The van der Waals surface area contributed by atoms with E-state index in [-0.39, 0.29) is 11.7 Å². The van der Waals surface area contributed by atoms with E-state index in [0.717, 1.165) is 60.7 Å². The average molecular weight is 435 g/mol. The second-order valence-electron chi connectivity index (χ2n) is 8.48. The summed E-state index contributed by atoms with van der Waals surface area (Å²) in [6.07, 6.45) is 6.05. The van der Waals surface area contributed by atoms with Crippen molar-refractivity contribution in [1.29, 1.82) is 0 Å². The average Bonchev–Trinajstić information content (AvgIpc) is 3.11. The fraction of sp³-hybridized carbons (Fsp3) is 0.385. The van der Waals surface area contributed by atoms with Gasteiger partial charge >= 0.3 is 5.97 Å². The van der Waals surface area contributed by atoms with Crippen molar-refractivity contribution in [2.45, 2.75) is 58.1 Å². The van der Waals surface area contributed by atoms with Crippen LogP contribution >= 0.6 is 0 Å². The molecule has 6 nitrogen and oxygen atoms in total. The molecule has 0 saturated heterocycles. The number of aromatic carboxylic acids is 1. The Labute approximate surface area is 188 Å². The Bertz CT molecular complexity index is 1150. The minimum Gasteiger partial charge on any atom is -0.478 e. The number of unbranched alkanes of at least 4 members (excludes halogenated alkanes) is 2. The lowest BCUT2D eigenvalue weighted by molar-refractivity contribution is 0.0336. The summed E-state index contributed by atoms with van der Waals surface area (Å²) in [7, 11) is 0. The summed E-state index contributed by atoms with van der Waals surface area (Å²) in [5.41, 5.74) is 10.1. The number of nitrogens with zero attached hydrogens (tertiary/aromatic N) is 1. The van der Waals surface area contributed by atoms with Gasteiger partial charge in [-0.3, -0.25) is 4.79 Å². The fourth-order valence-electron chi connectivity index (χ4n) is 4.81. The van der Waals surface area contributed by atoms with Crippen LogP contribution in [0.25, 0.3) is 10.9 Å². The van der Waals surface area contributed by atoms with Crippen molar-refractivity contribution in [3.8, 4) is 0 Å². The number of carbonyl (C=O) groups is 2. The number of carboxylic acid groups (broad SMARTS) is 1. The normalized spacial score (nSPS) is 15.6. The summed E-state index contributed by atoms with van der Waals surface area (Å²) in [6, 6.07) is 12.7.